The zero-order valence-corrected chi connectivity index (χ0v) is 13.3. The molecule has 0 spiro atoms. The number of rotatable bonds is 7. The van der Waals surface area contributed by atoms with E-state index in [1.807, 2.05) is 30.3 Å². The molecule has 0 N–H and O–H groups in total. The summed E-state index contributed by atoms with van der Waals surface area (Å²) in [7, 11) is 4.58. The summed E-state index contributed by atoms with van der Waals surface area (Å²) in [5, 5.41) is 11.2. The van der Waals surface area contributed by atoms with Crippen molar-refractivity contribution >= 4 is 0 Å². The van der Waals surface area contributed by atoms with Crippen LogP contribution in [0.25, 0.3) is 0 Å². The highest BCUT2D eigenvalue weighted by Gasteiger charge is 2.28. The third-order valence-electron chi connectivity index (χ3n) is 3.64. The fraction of sp³-hybridized carbons (Fsp3) is 0.294. The molecule has 6 nitrogen and oxygen atoms in total. The van der Waals surface area contributed by atoms with Gasteiger partial charge in [0.25, 0.3) is 0 Å². The number of benzene rings is 2. The van der Waals surface area contributed by atoms with Crippen LogP contribution in [-0.2, 0) is 0 Å². The van der Waals surface area contributed by atoms with Crippen molar-refractivity contribution < 1.29 is 19.1 Å². The van der Waals surface area contributed by atoms with Gasteiger partial charge in [-0.25, -0.2) is 0 Å². The van der Waals surface area contributed by atoms with Gasteiger partial charge in [0.2, 0.25) is 6.54 Å². The first kappa shape index (κ1) is 16.6. The number of ether oxygens (including phenoxy) is 3. The summed E-state index contributed by atoms with van der Waals surface area (Å²) < 4.78 is 16.1. The van der Waals surface area contributed by atoms with Crippen LogP contribution < -0.4 is 14.2 Å². The third-order valence-corrected chi connectivity index (χ3v) is 3.64. The van der Waals surface area contributed by atoms with E-state index in [0.29, 0.717) is 22.8 Å². The Kier molecular flexibility index (Phi) is 5.41. The van der Waals surface area contributed by atoms with Crippen LogP contribution >= 0.6 is 0 Å². The molecule has 0 aliphatic rings. The van der Waals surface area contributed by atoms with E-state index in [4.69, 9.17) is 14.2 Å². The fourth-order valence-electron chi connectivity index (χ4n) is 2.57. The van der Waals surface area contributed by atoms with Gasteiger partial charge in [-0.15, -0.1) is 0 Å². The van der Waals surface area contributed by atoms with Crippen LogP contribution in [0.2, 0.25) is 0 Å². The molecule has 122 valence electrons. The van der Waals surface area contributed by atoms with E-state index in [0.717, 1.165) is 5.56 Å². The van der Waals surface area contributed by atoms with Gasteiger partial charge in [0.05, 0.1) is 32.8 Å². The zero-order valence-electron chi connectivity index (χ0n) is 13.3. The van der Waals surface area contributed by atoms with Gasteiger partial charge >= 0.3 is 0 Å². The smallest absolute Gasteiger partial charge is 0.214 e. The predicted molar refractivity (Wildman–Crippen MR) is 86.2 cm³/mol. The van der Waals surface area contributed by atoms with Crippen LogP contribution in [0, 0.1) is 10.1 Å². The summed E-state index contributed by atoms with van der Waals surface area (Å²) in [6.07, 6.45) is 0. The van der Waals surface area contributed by atoms with Gasteiger partial charge in [-0.2, -0.15) is 0 Å². The lowest BCUT2D eigenvalue weighted by atomic mass is 9.89. The molecule has 0 aromatic heterocycles. The normalized spacial score (nSPS) is 11.6. The van der Waals surface area contributed by atoms with Crippen LogP contribution in [0.4, 0.5) is 0 Å². The van der Waals surface area contributed by atoms with E-state index in [2.05, 4.69) is 0 Å². The summed E-state index contributed by atoms with van der Waals surface area (Å²) in [5.41, 5.74) is 1.46. The fourth-order valence-corrected chi connectivity index (χ4v) is 2.57. The summed E-state index contributed by atoms with van der Waals surface area (Å²) in [6.45, 7) is -0.261. The standard InChI is InChI=1S/C17H19NO5/c1-21-13-9-15(22-2)17(16(10-13)23-3)14(11-18(19)20)12-7-5-4-6-8-12/h4-10,14H,11H2,1-3H3. The lowest BCUT2D eigenvalue weighted by Crippen LogP contribution is -2.16. The van der Waals surface area contributed by atoms with Crippen molar-refractivity contribution in [3.8, 4) is 17.2 Å². The average Bonchev–Trinajstić information content (AvgIpc) is 2.59. The van der Waals surface area contributed by atoms with Gasteiger partial charge in [0, 0.05) is 17.1 Å². The van der Waals surface area contributed by atoms with Crippen LogP contribution in [0.5, 0.6) is 17.2 Å². The minimum Gasteiger partial charge on any atom is -0.496 e. The average molecular weight is 317 g/mol. The van der Waals surface area contributed by atoms with Crippen molar-refractivity contribution in [1.82, 2.24) is 0 Å². The molecule has 0 saturated carbocycles. The Morgan fingerprint density at radius 2 is 1.57 bits per heavy atom. The van der Waals surface area contributed by atoms with Gasteiger partial charge < -0.3 is 14.2 Å². The maximum absolute atomic E-state index is 11.2. The van der Waals surface area contributed by atoms with Crippen LogP contribution in [0.15, 0.2) is 42.5 Å². The molecule has 0 heterocycles. The monoisotopic (exact) mass is 317 g/mol. The number of nitrogens with zero attached hydrogens (tertiary/aromatic N) is 1. The van der Waals surface area contributed by atoms with Gasteiger partial charge in [0.15, 0.2) is 0 Å². The van der Waals surface area contributed by atoms with Gasteiger partial charge in [-0.1, -0.05) is 30.3 Å². The lowest BCUT2D eigenvalue weighted by molar-refractivity contribution is -0.481. The van der Waals surface area contributed by atoms with Gasteiger partial charge in [0.1, 0.15) is 17.2 Å². The second-order valence-electron chi connectivity index (χ2n) is 4.92. The van der Waals surface area contributed by atoms with E-state index in [1.165, 1.54) is 14.2 Å². The Bertz CT molecular complexity index is 647. The topological polar surface area (TPSA) is 70.8 Å². The SMILES string of the molecule is COc1cc(OC)c(C(C[N+](=O)[O-])c2ccccc2)c(OC)c1. The number of nitro groups is 1. The Labute approximate surface area is 134 Å². The first-order chi connectivity index (χ1) is 11.1. The Morgan fingerprint density at radius 3 is 2.00 bits per heavy atom. The molecule has 1 unspecified atom stereocenters. The van der Waals surface area contributed by atoms with Crippen molar-refractivity contribution in [2.24, 2.45) is 0 Å². The maximum atomic E-state index is 11.2. The zero-order chi connectivity index (χ0) is 16.8. The second kappa shape index (κ2) is 7.49. The van der Waals surface area contributed by atoms with Crippen molar-refractivity contribution in [1.29, 1.82) is 0 Å². The van der Waals surface area contributed by atoms with Gasteiger partial charge in [-0.05, 0) is 5.56 Å². The van der Waals surface area contributed by atoms with E-state index in [1.54, 1.807) is 19.2 Å². The molecule has 6 heteroatoms. The quantitative estimate of drug-likeness (QED) is 0.579. The van der Waals surface area contributed by atoms with E-state index in [9.17, 15) is 10.1 Å². The van der Waals surface area contributed by atoms with E-state index < -0.39 is 5.92 Å². The highest BCUT2D eigenvalue weighted by Crippen LogP contribution is 2.41. The van der Waals surface area contributed by atoms with Crippen LogP contribution in [0.3, 0.4) is 0 Å². The van der Waals surface area contributed by atoms with Crippen molar-refractivity contribution in [2.45, 2.75) is 5.92 Å². The molecule has 0 aliphatic heterocycles. The molecule has 0 aliphatic carbocycles. The largest absolute Gasteiger partial charge is 0.496 e. The van der Waals surface area contributed by atoms with Crippen molar-refractivity contribution in [3.63, 3.8) is 0 Å². The molecule has 0 radical (unpaired) electrons. The molecule has 1 atom stereocenters. The summed E-state index contributed by atoms with van der Waals surface area (Å²) in [4.78, 5) is 10.8. The van der Waals surface area contributed by atoms with Crippen molar-refractivity contribution in [3.05, 3.63) is 63.7 Å². The molecule has 2 aromatic carbocycles. The molecular formula is C17H19NO5. The molecule has 0 amide bonds. The number of hydrogen-bond acceptors (Lipinski definition) is 5. The molecule has 2 aromatic rings. The Hall–Kier alpha value is -2.76. The minimum absolute atomic E-state index is 0.261. The number of methoxy groups -OCH3 is 3. The van der Waals surface area contributed by atoms with Crippen LogP contribution in [-0.4, -0.2) is 32.8 Å². The third kappa shape index (κ3) is 3.71. The van der Waals surface area contributed by atoms with E-state index >= 15 is 0 Å². The first-order valence-electron chi connectivity index (χ1n) is 7.07. The maximum Gasteiger partial charge on any atom is 0.214 e. The van der Waals surface area contributed by atoms with Gasteiger partial charge in [-0.3, -0.25) is 10.1 Å². The van der Waals surface area contributed by atoms with Crippen molar-refractivity contribution in [2.75, 3.05) is 27.9 Å². The molecule has 23 heavy (non-hydrogen) atoms. The Morgan fingerprint density at radius 1 is 1.00 bits per heavy atom. The Balaban J connectivity index is 2.64. The van der Waals surface area contributed by atoms with E-state index in [-0.39, 0.29) is 11.5 Å². The minimum atomic E-state index is -0.484. The first-order valence-corrected chi connectivity index (χ1v) is 7.07. The molecule has 0 fully saturated rings. The highest BCUT2D eigenvalue weighted by molar-refractivity contribution is 5.55. The summed E-state index contributed by atoms with van der Waals surface area (Å²) >= 11 is 0. The number of hydrogen-bond donors (Lipinski definition) is 0. The predicted octanol–water partition coefficient (Wildman–Crippen LogP) is 3.12. The summed E-state index contributed by atoms with van der Waals surface area (Å²) in [6, 6.07) is 12.7. The summed E-state index contributed by atoms with van der Waals surface area (Å²) in [5.74, 6) is 1.08. The second-order valence-corrected chi connectivity index (χ2v) is 4.92. The molecule has 0 bridgehead atoms. The molecule has 2 rings (SSSR count). The molecule has 0 saturated heterocycles. The van der Waals surface area contributed by atoms with Crippen LogP contribution in [0.1, 0.15) is 17.0 Å². The lowest BCUT2D eigenvalue weighted by Gasteiger charge is -2.21. The highest BCUT2D eigenvalue weighted by atomic mass is 16.6. The molecular weight excluding hydrogens is 298 g/mol.